The lowest BCUT2D eigenvalue weighted by Gasteiger charge is -2.29. The number of hydrogen-bond acceptors (Lipinski definition) is 5. The van der Waals surface area contributed by atoms with E-state index in [1.807, 2.05) is 19.0 Å². The zero-order chi connectivity index (χ0) is 18.1. The van der Waals surface area contributed by atoms with Crippen LogP contribution >= 0.6 is 11.6 Å². The lowest BCUT2D eigenvalue weighted by Crippen LogP contribution is -2.44. The Morgan fingerprint density at radius 3 is 2.46 bits per heavy atom. The number of benzene rings is 1. The summed E-state index contributed by atoms with van der Waals surface area (Å²) in [7, 11) is -3.32. The maximum absolute atomic E-state index is 13.2. The Balaban J connectivity index is 2.43. The van der Waals surface area contributed by atoms with E-state index < -0.39 is 25.9 Å². The number of sulfone groups is 1. The van der Waals surface area contributed by atoms with Crippen LogP contribution in [-0.2, 0) is 19.9 Å². The number of nitrogens with zero attached hydrogens (tertiary/aromatic N) is 2. The van der Waals surface area contributed by atoms with Crippen LogP contribution in [0.1, 0.15) is 12.0 Å². The average molecular weight is 395 g/mol. The standard InChI is InChI=1S/C15H23ClN2O4S2/c1-12-4-5-13(16)10-15(12)24(21,22)18(8-7-17(2)3)14-6-9-23(19,20)11-14/h4-5,10,14H,6-9,11H2,1-3H3/t14-/m1/s1. The van der Waals surface area contributed by atoms with Gasteiger partial charge < -0.3 is 4.90 Å². The van der Waals surface area contributed by atoms with Crippen molar-refractivity contribution in [3.05, 3.63) is 28.8 Å². The first-order valence-electron chi connectivity index (χ1n) is 7.66. The molecular formula is C15H23ClN2O4S2. The molecule has 1 aliphatic rings. The van der Waals surface area contributed by atoms with E-state index in [0.29, 0.717) is 23.6 Å². The van der Waals surface area contributed by atoms with Gasteiger partial charge in [0.2, 0.25) is 10.0 Å². The zero-order valence-electron chi connectivity index (χ0n) is 14.1. The molecule has 6 nitrogen and oxygen atoms in total. The molecular weight excluding hydrogens is 372 g/mol. The lowest BCUT2D eigenvalue weighted by atomic mass is 10.2. The van der Waals surface area contributed by atoms with Gasteiger partial charge in [0.1, 0.15) is 0 Å². The monoisotopic (exact) mass is 394 g/mol. The van der Waals surface area contributed by atoms with E-state index in [9.17, 15) is 16.8 Å². The minimum atomic E-state index is -3.83. The molecule has 0 amide bonds. The third-order valence-electron chi connectivity index (χ3n) is 4.12. The highest BCUT2D eigenvalue weighted by molar-refractivity contribution is 7.92. The summed E-state index contributed by atoms with van der Waals surface area (Å²) in [5.74, 6) is -0.0978. The topological polar surface area (TPSA) is 74.8 Å². The molecule has 1 fully saturated rings. The largest absolute Gasteiger partial charge is 0.308 e. The van der Waals surface area contributed by atoms with Crippen molar-refractivity contribution in [2.45, 2.75) is 24.3 Å². The fourth-order valence-electron chi connectivity index (χ4n) is 2.78. The quantitative estimate of drug-likeness (QED) is 0.728. The van der Waals surface area contributed by atoms with E-state index in [4.69, 9.17) is 11.6 Å². The second-order valence-electron chi connectivity index (χ2n) is 6.39. The van der Waals surface area contributed by atoms with Gasteiger partial charge in [-0.3, -0.25) is 0 Å². The van der Waals surface area contributed by atoms with E-state index in [1.54, 1.807) is 19.1 Å². The predicted octanol–water partition coefficient (Wildman–Crippen LogP) is 1.39. The highest BCUT2D eigenvalue weighted by Crippen LogP contribution is 2.28. The van der Waals surface area contributed by atoms with Crippen LogP contribution in [-0.4, -0.2) is 70.8 Å². The molecule has 0 unspecified atom stereocenters. The predicted molar refractivity (Wildman–Crippen MR) is 95.7 cm³/mol. The van der Waals surface area contributed by atoms with Crippen molar-refractivity contribution >= 4 is 31.5 Å². The first-order chi connectivity index (χ1) is 11.0. The normalized spacial score (nSPS) is 20.8. The van der Waals surface area contributed by atoms with Crippen molar-refractivity contribution in [1.82, 2.24) is 9.21 Å². The van der Waals surface area contributed by atoms with Crippen LogP contribution in [0.4, 0.5) is 0 Å². The molecule has 0 spiro atoms. The molecule has 1 atom stereocenters. The molecule has 1 aromatic rings. The van der Waals surface area contributed by atoms with Crippen LogP contribution in [0, 0.1) is 6.92 Å². The van der Waals surface area contributed by atoms with Crippen molar-refractivity contribution in [3.63, 3.8) is 0 Å². The van der Waals surface area contributed by atoms with Crippen molar-refractivity contribution in [2.24, 2.45) is 0 Å². The second kappa shape index (κ2) is 7.29. The molecule has 1 heterocycles. The van der Waals surface area contributed by atoms with Gasteiger partial charge in [-0.2, -0.15) is 4.31 Å². The van der Waals surface area contributed by atoms with Gasteiger partial charge in [-0.25, -0.2) is 16.8 Å². The number of rotatable bonds is 6. The van der Waals surface area contributed by atoms with Crippen molar-refractivity contribution in [2.75, 3.05) is 38.7 Å². The number of likely N-dealkylation sites (N-methyl/N-ethyl adjacent to an activating group) is 1. The van der Waals surface area contributed by atoms with E-state index in [1.165, 1.54) is 10.4 Å². The number of hydrogen-bond donors (Lipinski definition) is 0. The Kier molecular flexibility index (Phi) is 5.97. The smallest absolute Gasteiger partial charge is 0.243 e. The van der Waals surface area contributed by atoms with Gasteiger partial charge in [-0.05, 0) is 45.1 Å². The van der Waals surface area contributed by atoms with Crippen LogP contribution in [0.2, 0.25) is 5.02 Å². The van der Waals surface area contributed by atoms with E-state index in [2.05, 4.69) is 0 Å². The third kappa shape index (κ3) is 4.49. The lowest BCUT2D eigenvalue weighted by molar-refractivity contribution is 0.293. The first kappa shape index (κ1) is 19.7. The summed E-state index contributed by atoms with van der Waals surface area (Å²) >= 11 is 5.97. The van der Waals surface area contributed by atoms with Gasteiger partial charge in [0, 0.05) is 24.2 Å². The van der Waals surface area contributed by atoms with Gasteiger partial charge in [0.25, 0.3) is 0 Å². The molecule has 9 heteroatoms. The molecule has 0 N–H and O–H groups in total. The Morgan fingerprint density at radius 2 is 1.92 bits per heavy atom. The van der Waals surface area contributed by atoms with Crippen LogP contribution in [0.15, 0.2) is 23.1 Å². The van der Waals surface area contributed by atoms with Gasteiger partial charge in [-0.15, -0.1) is 0 Å². The molecule has 1 saturated heterocycles. The Morgan fingerprint density at radius 1 is 1.25 bits per heavy atom. The molecule has 0 saturated carbocycles. The van der Waals surface area contributed by atoms with Crippen molar-refractivity contribution in [3.8, 4) is 0 Å². The third-order valence-corrected chi connectivity index (χ3v) is 8.20. The number of halogens is 1. The average Bonchev–Trinajstić information content (AvgIpc) is 2.81. The summed E-state index contributed by atoms with van der Waals surface area (Å²) in [6.45, 7) is 2.45. The summed E-state index contributed by atoms with van der Waals surface area (Å²) in [6.07, 6.45) is 0.328. The van der Waals surface area contributed by atoms with Crippen LogP contribution in [0.3, 0.4) is 0 Å². The summed E-state index contributed by atoms with van der Waals surface area (Å²) in [6, 6.07) is 4.20. The molecule has 1 aliphatic heterocycles. The SMILES string of the molecule is Cc1ccc(Cl)cc1S(=O)(=O)N(CCN(C)C)[C@@H]1CCS(=O)(=O)C1. The molecule has 136 valence electrons. The van der Waals surface area contributed by atoms with Gasteiger partial charge in [0.05, 0.1) is 16.4 Å². The summed E-state index contributed by atoms with van der Waals surface area (Å²) < 4.78 is 51.3. The molecule has 24 heavy (non-hydrogen) atoms. The van der Waals surface area contributed by atoms with Gasteiger partial charge in [-0.1, -0.05) is 17.7 Å². The molecule has 0 radical (unpaired) electrons. The minimum Gasteiger partial charge on any atom is -0.308 e. The summed E-state index contributed by atoms with van der Waals surface area (Å²) in [4.78, 5) is 2.01. The van der Waals surface area contributed by atoms with Gasteiger partial charge in [0.15, 0.2) is 9.84 Å². The summed E-state index contributed by atoms with van der Waals surface area (Å²) in [5.41, 5.74) is 0.593. The maximum atomic E-state index is 13.2. The second-order valence-corrected chi connectivity index (χ2v) is 10.9. The Bertz CT molecular complexity index is 807. The number of aryl methyl sites for hydroxylation is 1. The number of sulfonamides is 1. The Labute approximate surface area is 149 Å². The van der Waals surface area contributed by atoms with E-state index in [0.717, 1.165) is 0 Å². The first-order valence-corrected chi connectivity index (χ1v) is 11.3. The maximum Gasteiger partial charge on any atom is 0.243 e. The molecule has 0 aromatic heterocycles. The van der Waals surface area contributed by atoms with Crippen molar-refractivity contribution in [1.29, 1.82) is 0 Å². The summed E-state index contributed by atoms with van der Waals surface area (Å²) in [5, 5.41) is 0.339. The minimum absolute atomic E-state index is 0.0280. The van der Waals surface area contributed by atoms with E-state index in [-0.39, 0.29) is 22.9 Å². The fourth-order valence-corrected chi connectivity index (χ4v) is 6.74. The molecule has 0 aliphatic carbocycles. The highest BCUT2D eigenvalue weighted by Gasteiger charge is 2.39. The molecule has 2 rings (SSSR count). The van der Waals surface area contributed by atoms with E-state index >= 15 is 0 Å². The van der Waals surface area contributed by atoms with Crippen molar-refractivity contribution < 1.29 is 16.8 Å². The van der Waals surface area contributed by atoms with Gasteiger partial charge >= 0.3 is 0 Å². The van der Waals surface area contributed by atoms with Crippen LogP contribution < -0.4 is 0 Å². The molecule has 0 bridgehead atoms. The van der Waals surface area contributed by atoms with Crippen LogP contribution in [0.5, 0.6) is 0 Å². The highest BCUT2D eigenvalue weighted by atomic mass is 35.5. The van der Waals surface area contributed by atoms with Crippen LogP contribution in [0.25, 0.3) is 0 Å². The fraction of sp³-hybridized carbons (Fsp3) is 0.600. The Hall–Kier alpha value is -0.670. The zero-order valence-corrected chi connectivity index (χ0v) is 16.5. The molecule has 1 aromatic carbocycles.